The number of ether oxygens (including phenoxy) is 1. The molecule has 2 heterocycles. The molecule has 5 nitrogen and oxygen atoms in total. The van der Waals surface area contributed by atoms with E-state index in [1.54, 1.807) is 18.4 Å². The van der Waals surface area contributed by atoms with E-state index in [4.69, 9.17) is 10.6 Å². The lowest BCUT2D eigenvalue weighted by atomic mass is 10.3. The van der Waals surface area contributed by atoms with Gasteiger partial charge < -0.3 is 4.74 Å². The van der Waals surface area contributed by atoms with E-state index in [2.05, 4.69) is 15.4 Å². The fraction of sp³-hybridized carbons (Fsp3) is 0.0769. The van der Waals surface area contributed by atoms with Crippen LogP contribution in [-0.4, -0.2) is 17.1 Å². The molecule has 0 aliphatic rings. The maximum absolute atomic E-state index is 5.42. The molecular weight excluding hydrogens is 292 g/mol. The second-order valence-corrected chi connectivity index (χ2v) is 5.81. The molecule has 0 fully saturated rings. The lowest BCUT2D eigenvalue weighted by molar-refractivity contribution is 0.405. The molecule has 0 spiro atoms. The molecule has 0 saturated carbocycles. The lowest BCUT2D eigenvalue weighted by Crippen LogP contribution is -2.10. The molecule has 0 amide bonds. The van der Waals surface area contributed by atoms with Crippen LogP contribution in [0, 0.1) is 0 Å². The van der Waals surface area contributed by atoms with Crippen molar-refractivity contribution < 1.29 is 4.74 Å². The van der Waals surface area contributed by atoms with E-state index < -0.39 is 0 Å². The summed E-state index contributed by atoms with van der Waals surface area (Å²) < 4.78 is 5.37. The molecule has 0 radical (unpaired) electrons. The Morgan fingerprint density at radius 2 is 2.10 bits per heavy atom. The average molecular weight is 304 g/mol. The number of para-hydroxylation sites is 1. The van der Waals surface area contributed by atoms with Crippen molar-refractivity contribution in [3.8, 4) is 5.75 Å². The number of hydrogen-bond acceptors (Lipinski definition) is 7. The number of hydrogen-bond donors (Lipinski definition) is 2. The van der Waals surface area contributed by atoms with Gasteiger partial charge in [0.25, 0.3) is 0 Å². The standard InChI is InChI=1S/C13H12N4OS2/c1-18-9-4-2-3-5-10(9)20-12-8-6-7-19-11(8)15-13(16-12)17-14/h2-7H,14H2,1H3,(H,15,16,17). The minimum atomic E-state index is 0.414. The first-order valence-corrected chi connectivity index (χ1v) is 7.54. The number of methoxy groups -OCH3 is 1. The number of aromatic nitrogens is 2. The van der Waals surface area contributed by atoms with Crippen molar-refractivity contribution >= 4 is 39.3 Å². The fourth-order valence-electron chi connectivity index (χ4n) is 1.78. The van der Waals surface area contributed by atoms with Gasteiger partial charge >= 0.3 is 0 Å². The van der Waals surface area contributed by atoms with Gasteiger partial charge in [0, 0.05) is 5.39 Å². The molecule has 1 aromatic carbocycles. The van der Waals surface area contributed by atoms with Crippen molar-refractivity contribution in [2.24, 2.45) is 5.84 Å². The smallest absolute Gasteiger partial charge is 0.239 e. The average Bonchev–Trinajstić information content (AvgIpc) is 2.96. The Morgan fingerprint density at radius 1 is 1.25 bits per heavy atom. The van der Waals surface area contributed by atoms with Gasteiger partial charge in [0.2, 0.25) is 5.95 Å². The van der Waals surface area contributed by atoms with Crippen LogP contribution < -0.4 is 16.0 Å². The van der Waals surface area contributed by atoms with Gasteiger partial charge in [-0.05, 0) is 23.6 Å². The molecule has 3 aromatic rings. The monoisotopic (exact) mass is 304 g/mol. The van der Waals surface area contributed by atoms with Gasteiger partial charge in [0.15, 0.2) is 0 Å². The van der Waals surface area contributed by atoms with Gasteiger partial charge in [-0.1, -0.05) is 23.9 Å². The molecule has 0 atom stereocenters. The van der Waals surface area contributed by atoms with Crippen molar-refractivity contribution in [1.29, 1.82) is 0 Å². The summed E-state index contributed by atoms with van der Waals surface area (Å²) in [5.41, 5.74) is 2.50. The van der Waals surface area contributed by atoms with Gasteiger partial charge in [0.05, 0.1) is 12.0 Å². The number of nitrogens with two attached hydrogens (primary N) is 1. The first-order valence-electron chi connectivity index (χ1n) is 5.84. The van der Waals surface area contributed by atoms with E-state index in [1.165, 1.54) is 11.8 Å². The highest BCUT2D eigenvalue weighted by atomic mass is 32.2. The van der Waals surface area contributed by atoms with Gasteiger partial charge in [-0.15, -0.1) is 11.3 Å². The number of thiophene rings is 1. The van der Waals surface area contributed by atoms with E-state index in [9.17, 15) is 0 Å². The van der Waals surface area contributed by atoms with Gasteiger partial charge in [-0.3, -0.25) is 5.43 Å². The number of hydrazine groups is 1. The first kappa shape index (κ1) is 13.2. The van der Waals surface area contributed by atoms with Gasteiger partial charge in [-0.25, -0.2) is 15.8 Å². The number of rotatable bonds is 4. The Labute approximate surface area is 124 Å². The third-order valence-electron chi connectivity index (χ3n) is 2.69. The van der Waals surface area contributed by atoms with E-state index in [-0.39, 0.29) is 0 Å². The lowest BCUT2D eigenvalue weighted by Gasteiger charge is -2.08. The summed E-state index contributed by atoms with van der Waals surface area (Å²) in [4.78, 5) is 10.7. The second-order valence-electron chi connectivity index (χ2n) is 3.89. The molecule has 102 valence electrons. The molecule has 0 unspecified atom stereocenters. The zero-order valence-corrected chi connectivity index (χ0v) is 12.3. The summed E-state index contributed by atoms with van der Waals surface area (Å²) in [6, 6.07) is 9.85. The minimum absolute atomic E-state index is 0.414. The SMILES string of the molecule is COc1ccccc1Sc1nc(NN)nc2sccc12. The summed E-state index contributed by atoms with van der Waals surface area (Å²) in [7, 11) is 1.66. The van der Waals surface area contributed by atoms with Crippen molar-refractivity contribution in [2.45, 2.75) is 9.92 Å². The Bertz CT molecular complexity index is 744. The molecule has 0 saturated heterocycles. The van der Waals surface area contributed by atoms with E-state index in [0.717, 1.165) is 25.9 Å². The molecule has 3 N–H and O–H groups in total. The van der Waals surface area contributed by atoms with Crippen LogP contribution in [0.3, 0.4) is 0 Å². The molecular formula is C13H12N4OS2. The van der Waals surface area contributed by atoms with Crippen LogP contribution in [0.2, 0.25) is 0 Å². The van der Waals surface area contributed by atoms with Gasteiger partial charge in [0.1, 0.15) is 15.6 Å². The molecule has 0 aliphatic heterocycles. The zero-order chi connectivity index (χ0) is 13.9. The molecule has 2 aromatic heterocycles. The second kappa shape index (κ2) is 5.66. The van der Waals surface area contributed by atoms with Crippen LogP contribution in [-0.2, 0) is 0 Å². The maximum atomic E-state index is 5.42. The number of benzene rings is 1. The number of fused-ring (bicyclic) bond motifs is 1. The van der Waals surface area contributed by atoms with Crippen molar-refractivity contribution in [3.05, 3.63) is 35.7 Å². The first-order chi connectivity index (χ1) is 9.81. The third-order valence-corrected chi connectivity index (χ3v) is 4.56. The molecule has 0 aliphatic carbocycles. The van der Waals surface area contributed by atoms with Crippen molar-refractivity contribution in [1.82, 2.24) is 9.97 Å². The van der Waals surface area contributed by atoms with Crippen LogP contribution in [0.15, 0.2) is 45.6 Å². The fourth-order valence-corrected chi connectivity index (χ4v) is 3.62. The van der Waals surface area contributed by atoms with Crippen LogP contribution in [0.5, 0.6) is 5.75 Å². The highest BCUT2D eigenvalue weighted by Crippen LogP contribution is 2.38. The number of nitrogens with one attached hydrogen (secondary N) is 1. The molecule has 20 heavy (non-hydrogen) atoms. The summed E-state index contributed by atoms with van der Waals surface area (Å²) >= 11 is 3.10. The number of anilines is 1. The largest absolute Gasteiger partial charge is 0.496 e. The van der Waals surface area contributed by atoms with Crippen LogP contribution in [0.25, 0.3) is 10.2 Å². The molecule has 3 rings (SSSR count). The normalized spacial score (nSPS) is 10.7. The van der Waals surface area contributed by atoms with E-state index >= 15 is 0 Å². The summed E-state index contributed by atoms with van der Waals surface area (Å²) in [6.07, 6.45) is 0. The third kappa shape index (κ3) is 2.43. The van der Waals surface area contributed by atoms with E-state index in [1.807, 2.05) is 35.7 Å². The predicted octanol–water partition coefficient (Wildman–Crippen LogP) is 3.14. The van der Waals surface area contributed by atoms with Crippen molar-refractivity contribution in [2.75, 3.05) is 12.5 Å². The topological polar surface area (TPSA) is 73.1 Å². The zero-order valence-electron chi connectivity index (χ0n) is 10.7. The Morgan fingerprint density at radius 3 is 2.90 bits per heavy atom. The van der Waals surface area contributed by atoms with Crippen LogP contribution >= 0.6 is 23.1 Å². The Hall–Kier alpha value is -1.83. The Balaban J connectivity index is 2.07. The van der Waals surface area contributed by atoms with Gasteiger partial charge in [-0.2, -0.15) is 0 Å². The number of nitrogen functional groups attached to an aromatic ring is 1. The highest BCUT2D eigenvalue weighted by Gasteiger charge is 2.12. The number of nitrogens with zero attached hydrogens (tertiary/aromatic N) is 2. The highest BCUT2D eigenvalue weighted by molar-refractivity contribution is 7.99. The maximum Gasteiger partial charge on any atom is 0.239 e. The van der Waals surface area contributed by atoms with Crippen LogP contribution in [0.4, 0.5) is 5.95 Å². The predicted molar refractivity (Wildman–Crippen MR) is 82.3 cm³/mol. The summed E-state index contributed by atoms with van der Waals surface area (Å²) in [6.45, 7) is 0. The van der Waals surface area contributed by atoms with Crippen molar-refractivity contribution in [3.63, 3.8) is 0 Å². The molecule has 0 bridgehead atoms. The quantitative estimate of drug-likeness (QED) is 0.438. The summed E-state index contributed by atoms with van der Waals surface area (Å²) in [5, 5.41) is 3.87. The summed E-state index contributed by atoms with van der Waals surface area (Å²) in [5.74, 6) is 6.66. The van der Waals surface area contributed by atoms with Crippen LogP contribution in [0.1, 0.15) is 0 Å². The minimum Gasteiger partial charge on any atom is -0.496 e. The Kier molecular flexibility index (Phi) is 3.72. The molecule has 7 heteroatoms. The van der Waals surface area contributed by atoms with E-state index in [0.29, 0.717) is 5.95 Å².